The second kappa shape index (κ2) is 7.10. The van der Waals surface area contributed by atoms with Crippen LogP contribution in [0.2, 0.25) is 0 Å². The van der Waals surface area contributed by atoms with Crippen molar-refractivity contribution >= 4 is 33.3 Å². The van der Waals surface area contributed by atoms with Crippen molar-refractivity contribution in [3.05, 3.63) is 32.9 Å². The first-order valence-electron chi connectivity index (χ1n) is 6.53. The number of carbonyl (C=O) groups excluding carboxylic acids is 1. The van der Waals surface area contributed by atoms with Crippen LogP contribution in [-0.2, 0) is 6.54 Å². The predicted octanol–water partition coefficient (Wildman–Crippen LogP) is 4.01. The van der Waals surface area contributed by atoms with Crippen LogP contribution in [0, 0.1) is 5.92 Å². The van der Waals surface area contributed by atoms with Crippen LogP contribution in [0.5, 0.6) is 0 Å². The third kappa shape index (κ3) is 4.66. The van der Waals surface area contributed by atoms with Crippen molar-refractivity contribution in [2.24, 2.45) is 5.92 Å². The fourth-order valence-electron chi connectivity index (χ4n) is 2.15. The molecule has 0 fully saturated rings. The molecule has 1 aromatic heterocycles. The van der Waals surface area contributed by atoms with E-state index in [0.717, 1.165) is 23.2 Å². The summed E-state index contributed by atoms with van der Waals surface area (Å²) >= 11 is 5.10. The van der Waals surface area contributed by atoms with E-state index < -0.39 is 0 Å². The van der Waals surface area contributed by atoms with Crippen molar-refractivity contribution in [2.45, 2.75) is 25.8 Å². The van der Waals surface area contributed by atoms with Gasteiger partial charge in [0, 0.05) is 18.5 Å². The summed E-state index contributed by atoms with van der Waals surface area (Å²) in [7, 11) is 1.84. The Kier molecular flexibility index (Phi) is 5.45. The zero-order valence-electron chi connectivity index (χ0n) is 11.1. The Balaban J connectivity index is 1.74. The Labute approximate surface area is 126 Å². The van der Waals surface area contributed by atoms with Crippen LogP contribution in [0.1, 0.15) is 24.1 Å². The lowest BCUT2D eigenvalue weighted by Crippen LogP contribution is -2.39. The Morgan fingerprint density at radius 3 is 3.00 bits per heavy atom. The topological polar surface area (TPSA) is 32.3 Å². The second-order valence-electron chi connectivity index (χ2n) is 4.90. The highest BCUT2D eigenvalue weighted by Gasteiger charge is 2.14. The Morgan fingerprint density at radius 1 is 1.53 bits per heavy atom. The molecule has 1 heterocycles. The van der Waals surface area contributed by atoms with E-state index in [1.807, 2.05) is 19.2 Å². The SMILES string of the molecule is CN(Cc1ccc(Br)s1)C(=O)NCC1CC=CCC1. The number of hydrogen-bond donors (Lipinski definition) is 1. The number of allylic oxidation sites excluding steroid dienone is 2. The van der Waals surface area contributed by atoms with E-state index in [1.165, 1.54) is 11.3 Å². The zero-order chi connectivity index (χ0) is 13.7. The molecule has 104 valence electrons. The minimum absolute atomic E-state index is 0.0130. The molecule has 1 atom stereocenters. The molecular formula is C14H19BrN2OS. The van der Waals surface area contributed by atoms with Gasteiger partial charge in [0.2, 0.25) is 0 Å². The molecule has 19 heavy (non-hydrogen) atoms. The molecule has 3 nitrogen and oxygen atoms in total. The monoisotopic (exact) mass is 342 g/mol. The molecule has 1 N–H and O–H groups in total. The van der Waals surface area contributed by atoms with Crippen LogP contribution in [0.15, 0.2) is 28.1 Å². The molecule has 0 radical (unpaired) electrons. The Hall–Kier alpha value is -0.810. The van der Waals surface area contributed by atoms with Gasteiger partial charge in [-0.25, -0.2) is 4.79 Å². The van der Waals surface area contributed by atoms with Gasteiger partial charge in [-0.1, -0.05) is 12.2 Å². The van der Waals surface area contributed by atoms with Gasteiger partial charge in [0.1, 0.15) is 0 Å². The van der Waals surface area contributed by atoms with E-state index in [9.17, 15) is 4.79 Å². The average molecular weight is 343 g/mol. The lowest BCUT2D eigenvalue weighted by molar-refractivity contribution is 0.205. The summed E-state index contributed by atoms with van der Waals surface area (Å²) in [6, 6.07) is 4.07. The molecule has 0 aliphatic heterocycles. The lowest BCUT2D eigenvalue weighted by Gasteiger charge is -2.21. The first-order valence-corrected chi connectivity index (χ1v) is 8.14. The number of rotatable bonds is 4. The summed E-state index contributed by atoms with van der Waals surface area (Å²) in [5.74, 6) is 0.596. The number of amides is 2. The van der Waals surface area contributed by atoms with E-state index in [-0.39, 0.29) is 6.03 Å². The largest absolute Gasteiger partial charge is 0.338 e. The number of urea groups is 1. The average Bonchev–Trinajstić information content (AvgIpc) is 2.82. The highest BCUT2D eigenvalue weighted by molar-refractivity contribution is 9.11. The van der Waals surface area contributed by atoms with Gasteiger partial charge in [-0.3, -0.25) is 0 Å². The van der Waals surface area contributed by atoms with Crippen LogP contribution in [0.3, 0.4) is 0 Å². The first kappa shape index (κ1) is 14.6. The molecule has 0 saturated heterocycles. The molecule has 0 aromatic carbocycles. The van der Waals surface area contributed by atoms with Crippen molar-refractivity contribution < 1.29 is 4.79 Å². The summed E-state index contributed by atoms with van der Waals surface area (Å²) in [5.41, 5.74) is 0. The van der Waals surface area contributed by atoms with Crippen molar-refractivity contribution in [3.63, 3.8) is 0 Å². The smallest absolute Gasteiger partial charge is 0.317 e. The van der Waals surface area contributed by atoms with Gasteiger partial charge in [-0.2, -0.15) is 0 Å². The summed E-state index contributed by atoms with van der Waals surface area (Å²) in [6.45, 7) is 1.44. The lowest BCUT2D eigenvalue weighted by atomic mass is 9.94. The molecular weight excluding hydrogens is 324 g/mol. The van der Waals surface area contributed by atoms with E-state index in [4.69, 9.17) is 0 Å². The van der Waals surface area contributed by atoms with E-state index in [2.05, 4.69) is 33.4 Å². The molecule has 2 amide bonds. The van der Waals surface area contributed by atoms with Gasteiger partial charge in [-0.05, 0) is 53.2 Å². The van der Waals surface area contributed by atoms with Gasteiger partial charge in [-0.15, -0.1) is 11.3 Å². The first-order chi connectivity index (χ1) is 9.15. The third-order valence-corrected chi connectivity index (χ3v) is 4.90. The molecule has 1 unspecified atom stereocenters. The van der Waals surface area contributed by atoms with Crippen molar-refractivity contribution in [2.75, 3.05) is 13.6 Å². The van der Waals surface area contributed by atoms with Gasteiger partial charge in [0.25, 0.3) is 0 Å². The minimum Gasteiger partial charge on any atom is -0.338 e. The summed E-state index contributed by atoms with van der Waals surface area (Å²) in [6.07, 6.45) is 7.84. The second-order valence-corrected chi connectivity index (χ2v) is 7.45. The summed E-state index contributed by atoms with van der Waals surface area (Å²) < 4.78 is 1.10. The highest BCUT2D eigenvalue weighted by atomic mass is 79.9. The normalized spacial score (nSPS) is 18.3. The Bertz CT molecular complexity index is 458. The standard InChI is InChI=1S/C14H19BrN2OS/c1-17(10-12-7-8-13(15)19-12)14(18)16-9-11-5-3-2-4-6-11/h2-3,7-8,11H,4-6,9-10H2,1H3,(H,16,18). The molecule has 1 aliphatic carbocycles. The maximum atomic E-state index is 12.0. The third-order valence-electron chi connectivity index (χ3n) is 3.29. The van der Waals surface area contributed by atoms with Crippen LogP contribution >= 0.6 is 27.3 Å². The quantitative estimate of drug-likeness (QED) is 0.823. The summed E-state index contributed by atoms with van der Waals surface area (Å²) in [5, 5.41) is 3.03. The number of carbonyl (C=O) groups is 1. The number of hydrogen-bond acceptors (Lipinski definition) is 2. The van der Waals surface area contributed by atoms with Crippen molar-refractivity contribution in [3.8, 4) is 0 Å². The predicted molar refractivity (Wildman–Crippen MR) is 83.4 cm³/mol. The highest BCUT2D eigenvalue weighted by Crippen LogP contribution is 2.23. The van der Waals surface area contributed by atoms with Gasteiger partial charge < -0.3 is 10.2 Å². The fourth-order valence-corrected chi connectivity index (χ4v) is 3.69. The van der Waals surface area contributed by atoms with E-state index in [0.29, 0.717) is 12.5 Å². The van der Waals surface area contributed by atoms with Crippen molar-refractivity contribution in [1.82, 2.24) is 10.2 Å². The fraction of sp³-hybridized carbons (Fsp3) is 0.500. The maximum absolute atomic E-state index is 12.0. The molecule has 0 bridgehead atoms. The van der Waals surface area contributed by atoms with Crippen LogP contribution in [-0.4, -0.2) is 24.5 Å². The van der Waals surface area contributed by atoms with Crippen LogP contribution in [0.4, 0.5) is 4.79 Å². The Morgan fingerprint density at radius 2 is 2.37 bits per heavy atom. The van der Waals surface area contributed by atoms with Gasteiger partial charge in [0.05, 0.1) is 10.3 Å². The number of nitrogens with one attached hydrogen (secondary N) is 1. The number of nitrogens with zero attached hydrogens (tertiary/aromatic N) is 1. The number of thiophene rings is 1. The maximum Gasteiger partial charge on any atom is 0.317 e. The summed E-state index contributed by atoms with van der Waals surface area (Å²) in [4.78, 5) is 14.9. The van der Waals surface area contributed by atoms with Crippen LogP contribution < -0.4 is 5.32 Å². The zero-order valence-corrected chi connectivity index (χ0v) is 13.5. The van der Waals surface area contributed by atoms with Crippen molar-refractivity contribution in [1.29, 1.82) is 0 Å². The van der Waals surface area contributed by atoms with Crippen LogP contribution in [0.25, 0.3) is 0 Å². The van der Waals surface area contributed by atoms with Gasteiger partial charge in [0.15, 0.2) is 0 Å². The molecule has 1 aliphatic rings. The van der Waals surface area contributed by atoms with E-state index in [1.54, 1.807) is 16.2 Å². The molecule has 2 rings (SSSR count). The van der Waals surface area contributed by atoms with E-state index >= 15 is 0 Å². The molecule has 0 spiro atoms. The minimum atomic E-state index is 0.0130. The number of halogens is 1. The molecule has 1 aromatic rings. The molecule has 5 heteroatoms. The molecule has 0 saturated carbocycles. The van der Waals surface area contributed by atoms with Gasteiger partial charge >= 0.3 is 6.03 Å².